The van der Waals surface area contributed by atoms with Gasteiger partial charge in [-0.1, -0.05) is 28.9 Å². The monoisotopic (exact) mass is 435 g/mol. The molecule has 0 radical (unpaired) electrons. The third-order valence-corrected chi connectivity index (χ3v) is 4.35. The number of anilines is 1. The summed E-state index contributed by atoms with van der Waals surface area (Å²) < 4.78 is 2.92. The number of nitrogens with zero attached hydrogens (tertiary/aromatic N) is 4. The van der Waals surface area contributed by atoms with Crippen molar-refractivity contribution in [1.29, 1.82) is 0 Å². The minimum absolute atomic E-state index is 0.0358. The lowest BCUT2D eigenvalue weighted by atomic mass is 10.2. The van der Waals surface area contributed by atoms with Gasteiger partial charge >= 0.3 is 0 Å². The van der Waals surface area contributed by atoms with Crippen LogP contribution in [0.3, 0.4) is 0 Å². The highest BCUT2D eigenvalue weighted by atomic mass is 79.9. The average molecular weight is 436 g/mol. The molecule has 0 unspecified atom stereocenters. The van der Waals surface area contributed by atoms with Crippen molar-refractivity contribution in [2.75, 3.05) is 25.0 Å². The molecule has 1 aromatic carbocycles. The van der Waals surface area contributed by atoms with Crippen molar-refractivity contribution in [1.82, 2.24) is 25.4 Å². The zero-order chi connectivity index (χ0) is 19.6. The Bertz CT molecular complexity index is 788. The highest BCUT2D eigenvalue weighted by molar-refractivity contribution is 9.10. The van der Waals surface area contributed by atoms with Crippen LogP contribution in [0.1, 0.15) is 25.2 Å². The Morgan fingerprint density at radius 3 is 2.85 bits per heavy atom. The Hall–Kier alpha value is -2.42. The molecule has 2 aromatic rings. The summed E-state index contributed by atoms with van der Waals surface area (Å²) in [5.41, 5.74) is 1.78. The number of aromatic nitrogens is 3. The lowest BCUT2D eigenvalue weighted by Gasteiger charge is -2.12. The number of aryl methyl sites for hydroxylation is 2. The van der Waals surface area contributed by atoms with Gasteiger partial charge in [-0.05, 0) is 31.5 Å². The lowest BCUT2D eigenvalue weighted by molar-refractivity contribution is -0.114. The van der Waals surface area contributed by atoms with E-state index in [4.69, 9.17) is 0 Å². The second-order valence-electron chi connectivity index (χ2n) is 5.92. The van der Waals surface area contributed by atoms with E-state index in [2.05, 4.69) is 47.1 Å². The van der Waals surface area contributed by atoms with E-state index in [-0.39, 0.29) is 12.5 Å². The first-order chi connectivity index (χ1) is 13.0. The second kappa shape index (κ2) is 10.7. The first-order valence-corrected chi connectivity index (χ1v) is 9.77. The standard InChI is InChI=1S/C18H26BrN7O/c1-4-16-25-23-12-26(16)9-8-21-18(20-5-2)22-11-17(27)24-15-10-14(19)7-6-13(15)3/h6-7,10,12H,4-5,8-9,11H2,1-3H3,(H,24,27)(H2,20,21,22). The van der Waals surface area contributed by atoms with E-state index in [0.717, 1.165) is 34.5 Å². The van der Waals surface area contributed by atoms with Crippen LogP contribution in [-0.2, 0) is 17.8 Å². The van der Waals surface area contributed by atoms with Gasteiger partial charge in [-0.25, -0.2) is 4.99 Å². The molecule has 0 aliphatic heterocycles. The average Bonchev–Trinajstić information content (AvgIpc) is 3.10. The highest BCUT2D eigenvalue weighted by Crippen LogP contribution is 2.20. The fourth-order valence-electron chi connectivity index (χ4n) is 2.45. The van der Waals surface area contributed by atoms with Crippen molar-refractivity contribution in [2.24, 2.45) is 4.99 Å². The van der Waals surface area contributed by atoms with Gasteiger partial charge in [0.25, 0.3) is 0 Å². The van der Waals surface area contributed by atoms with Gasteiger partial charge in [-0.15, -0.1) is 10.2 Å². The lowest BCUT2D eigenvalue weighted by Crippen LogP contribution is -2.39. The van der Waals surface area contributed by atoms with Crippen LogP contribution in [0, 0.1) is 6.92 Å². The summed E-state index contributed by atoms with van der Waals surface area (Å²) in [4.78, 5) is 16.6. The first-order valence-electron chi connectivity index (χ1n) is 8.98. The summed E-state index contributed by atoms with van der Waals surface area (Å²) in [6, 6.07) is 5.77. The number of carbonyl (C=O) groups excluding carboxylic acids is 1. The molecular weight excluding hydrogens is 410 g/mol. The van der Waals surface area contributed by atoms with Crippen molar-refractivity contribution in [3.63, 3.8) is 0 Å². The number of guanidine groups is 1. The van der Waals surface area contributed by atoms with E-state index >= 15 is 0 Å². The maximum absolute atomic E-state index is 12.2. The molecule has 0 spiro atoms. The van der Waals surface area contributed by atoms with Crippen LogP contribution in [0.2, 0.25) is 0 Å². The van der Waals surface area contributed by atoms with Crippen LogP contribution in [0.25, 0.3) is 0 Å². The Morgan fingerprint density at radius 1 is 1.30 bits per heavy atom. The van der Waals surface area contributed by atoms with Gasteiger partial charge in [-0.2, -0.15) is 0 Å². The van der Waals surface area contributed by atoms with Crippen molar-refractivity contribution in [3.05, 3.63) is 40.4 Å². The maximum Gasteiger partial charge on any atom is 0.246 e. The second-order valence-corrected chi connectivity index (χ2v) is 6.84. The van der Waals surface area contributed by atoms with Crippen LogP contribution in [0.4, 0.5) is 5.69 Å². The molecule has 0 aliphatic carbocycles. The van der Waals surface area contributed by atoms with E-state index in [1.807, 2.05) is 43.5 Å². The highest BCUT2D eigenvalue weighted by Gasteiger charge is 2.06. The number of halogens is 1. The molecule has 0 fully saturated rings. The van der Waals surface area contributed by atoms with E-state index in [0.29, 0.717) is 19.0 Å². The molecule has 0 aliphatic rings. The number of aliphatic imine (C=N–C) groups is 1. The molecule has 0 saturated heterocycles. The predicted molar refractivity (Wildman–Crippen MR) is 111 cm³/mol. The van der Waals surface area contributed by atoms with Crippen molar-refractivity contribution >= 4 is 33.5 Å². The largest absolute Gasteiger partial charge is 0.357 e. The van der Waals surface area contributed by atoms with Crippen LogP contribution < -0.4 is 16.0 Å². The Balaban J connectivity index is 1.88. The molecular formula is C18H26BrN7O. The summed E-state index contributed by atoms with van der Waals surface area (Å²) >= 11 is 3.41. The fraction of sp³-hybridized carbons (Fsp3) is 0.444. The van der Waals surface area contributed by atoms with Gasteiger partial charge in [0.1, 0.15) is 18.7 Å². The molecule has 2 rings (SSSR count). The predicted octanol–water partition coefficient (Wildman–Crippen LogP) is 2.11. The molecule has 1 heterocycles. The molecule has 1 aromatic heterocycles. The van der Waals surface area contributed by atoms with E-state index < -0.39 is 0 Å². The van der Waals surface area contributed by atoms with Crippen LogP contribution in [0.15, 0.2) is 34.0 Å². The molecule has 9 heteroatoms. The van der Waals surface area contributed by atoms with E-state index in [9.17, 15) is 4.79 Å². The smallest absolute Gasteiger partial charge is 0.246 e. The maximum atomic E-state index is 12.2. The molecule has 0 bridgehead atoms. The molecule has 0 atom stereocenters. The van der Waals surface area contributed by atoms with Crippen LogP contribution in [-0.4, -0.2) is 46.3 Å². The Labute approximate surface area is 168 Å². The van der Waals surface area contributed by atoms with Gasteiger partial charge in [0.05, 0.1) is 0 Å². The number of nitrogens with one attached hydrogen (secondary N) is 3. The normalized spacial score (nSPS) is 11.3. The zero-order valence-electron chi connectivity index (χ0n) is 15.9. The number of hydrogen-bond acceptors (Lipinski definition) is 4. The zero-order valence-corrected chi connectivity index (χ0v) is 17.5. The number of benzene rings is 1. The van der Waals surface area contributed by atoms with Crippen molar-refractivity contribution < 1.29 is 4.79 Å². The fourth-order valence-corrected chi connectivity index (χ4v) is 2.81. The van der Waals surface area contributed by atoms with Gasteiger partial charge < -0.3 is 20.5 Å². The quantitative estimate of drug-likeness (QED) is 0.435. The molecule has 8 nitrogen and oxygen atoms in total. The van der Waals surface area contributed by atoms with Crippen molar-refractivity contribution in [3.8, 4) is 0 Å². The SMILES string of the molecule is CCNC(=NCC(=O)Nc1cc(Br)ccc1C)NCCn1cnnc1CC. The molecule has 1 amide bonds. The summed E-state index contributed by atoms with van der Waals surface area (Å²) in [5.74, 6) is 1.38. The summed E-state index contributed by atoms with van der Waals surface area (Å²) in [6.07, 6.45) is 2.56. The minimum atomic E-state index is -0.166. The molecule has 27 heavy (non-hydrogen) atoms. The third kappa shape index (κ3) is 6.67. The van der Waals surface area contributed by atoms with E-state index in [1.54, 1.807) is 6.33 Å². The summed E-state index contributed by atoms with van der Waals surface area (Å²) in [5, 5.41) is 17.2. The number of rotatable bonds is 8. The summed E-state index contributed by atoms with van der Waals surface area (Å²) in [7, 11) is 0. The number of hydrogen-bond donors (Lipinski definition) is 3. The first kappa shape index (κ1) is 20.9. The van der Waals surface area contributed by atoms with Gasteiger partial charge in [0.15, 0.2) is 5.96 Å². The Morgan fingerprint density at radius 2 is 2.11 bits per heavy atom. The molecule has 0 saturated carbocycles. The molecule has 146 valence electrons. The van der Waals surface area contributed by atoms with Crippen LogP contribution in [0.5, 0.6) is 0 Å². The topological polar surface area (TPSA) is 96.2 Å². The Kier molecular flexibility index (Phi) is 8.25. The van der Waals surface area contributed by atoms with Gasteiger partial charge in [-0.3, -0.25) is 4.79 Å². The van der Waals surface area contributed by atoms with Crippen LogP contribution >= 0.6 is 15.9 Å². The third-order valence-electron chi connectivity index (χ3n) is 3.86. The number of amides is 1. The van der Waals surface area contributed by atoms with Gasteiger partial charge in [0, 0.05) is 36.2 Å². The van der Waals surface area contributed by atoms with Gasteiger partial charge in [0.2, 0.25) is 5.91 Å². The summed E-state index contributed by atoms with van der Waals surface area (Å²) in [6.45, 7) is 8.11. The minimum Gasteiger partial charge on any atom is -0.357 e. The van der Waals surface area contributed by atoms with Crippen molar-refractivity contribution in [2.45, 2.75) is 33.7 Å². The number of carbonyl (C=O) groups is 1. The van der Waals surface area contributed by atoms with E-state index in [1.165, 1.54) is 0 Å². The molecule has 3 N–H and O–H groups in total.